The van der Waals surface area contributed by atoms with E-state index in [4.69, 9.17) is 4.52 Å². The summed E-state index contributed by atoms with van der Waals surface area (Å²) < 4.78 is 29.6. The Morgan fingerprint density at radius 1 is 0.880 bits per heavy atom. The minimum atomic E-state index is -3.26. The summed E-state index contributed by atoms with van der Waals surface area (Å²) >= 11 is 0. The van der Waals surface area contributed by atoms with Crippen molar-refractivity contribution in [1.29, 1.82) is 0 Å². The van der Waals surface area contributed by atoms with Crippen molar-refractivity contribution >= 4 is 9.84 Å². The van der Waals surface area contributed by atoms with Crippen LogP contribution in [-0.4, -0.2) is 24.3 Å². The normalized spacial score (nSPS) is 11.5. The molecule has 0 saturated carbocycles. The van der Waals surface area contributed by atoms with Gasteiger partial charge in [0.05, 0.1) is 5.75 Å². The van der Waals surface area contributed by atoms with Crippen molar-refractivity contribution in [1.82, 2.24) is 10.1 Å². The molecule has 0 bridgehead atoms. The second-order valence-corrected chi connectivity index (χ2v) is 8.13. The van der Waals surface area contributed by atoms with E-state index in [2.05, 4.69) is 10.1 Å². The van der Waals surface area contributed by atoms with Gasteiger partial charge in [0.25, 0.3) is 0 Å². The van der Waals surface area contributed by atoms with E-state index in [-0.39, 0.29) is 17.4 Å². The topological polar surface area (TPSA) is 73.1 Å². The number of aromatic nitrogens is 2. The van der Waals surface area contributed by atoms with Crippen LogP contribution in [0.4, 0.5) is 0 Å². The molecule has 2 aromatic carbocycles. The van der Waals surface area contributed by atoms with Crippen LogP contribution in [0.5, 0.6) is 0 Å². The molecular formula is C19H20N2O3S. The third-order valence-electron chi connectivity index (χ3n) is 3.82. The van der Waals surface area contributed by atoms with Gasteiger partial charge in [0.15, 0.2) is 15.7 Å². The summed E-state index contributed by atoms with van der Waals surface area (Å²) in [5, 5.41) is 3.87. The van der Waals surface area contributed by atoms with Gasteiger partial charge < -0.3 is 4.52 Å². The summed E-state index contributed by atoms with van der Waals surface area (Å²) in [7, 11) is -3.26. The highest BCUT2D eigenvalue weighted by Crippen LogP contribution is 2.11. The van der Waals surface area contributed by atoms with Crippen molar-refractivity contribution in [2.45, 2.75) is 25.0 Å². The first-order valence-electron chi connectivity index (χ1n) is 8.20. The van der Waals surface area contributed by atoms with Crippen molar-refractivity contribution in [2.75, 3.05) is 5.75 Å². The van der Waals surface area contributed by atoms with Gasteiger partial charge >= 0.3 is 0 Å². The molecule has 6 heteroatoms. The first-order chi connectivity index (χ1) is 12.1. The van der Waals surface area contributed by atoms with Gasteiger partial charge in [-0.2, -0.15) is 4.98 Å². The largest absolute Gasteiger partial charge is 0.338 e. The van der Waals surface area contributed by atoms with Crippen molar-refractivity contribution in [3.8, 4) is 0 Å². The molecule has 25 heavy (non-hydrogen) atoms. The van der Waals surface area contributed by atoms with Crippen LogP contribution in [0.15, 0.2) is 65.2 Å². The summed E-state index contributed by atoms with van der Waals surface area (Å²) in [6.07, 6.45) is 1.85. The van der Waals surface area contributed by atoms with Crippen LogP contribution in [0.25, 0.3) is 0 Å². The Bertz CT molecular complexity index is 891. The van der Waals surface area contributed by atoms with E-state index in [0.717, 1.165) is 17.5 Å². The third-order valence-corrected chi connectivity index (χ3v) is 5.42. The monoisotopic (exact) mass is 356 g/mol. The fourth-order valence-electron chi connectivity index (χ4n) is 2.60. The molecule has 3 aromatic rings. The number of hydrogen-bond acceptors (Lipinski definition) is 5. The van der Waals surface area contributed by atoms with Crippen LogP contribution in [0.3, 0.4) is 0 Å². The molecule has 0 unspecified atom stereocenters. The maximum Gasteiger partial charge on any atom is 0.241 e. The second kappa shape index (κ2) is 8.07. The molecule has 0 saturated heterocycles. The molecular weight excluding hydrogens is 336 g/mol. The zero-order valence-corrected chi connectivity index (χ0v) is 14.7. The molecule has 0 aliphatic carbocycles. The lowest BCUT2D eigenvalue weighted by atomic mass is 10.1. The fraction of sp³-hybridized carbons (Fsp3) is 0.263. The zero-order valence-electron chi connectivity index (χ0n) is 13.8. The predicted molar refractivity (Wildman–Crippen MR) is 95.8 cm³/mol. The average Bonchev–Trinajstić information content (AvgIpc) is 3.02. The van der Waals surface area contributed by atoms with Gasteiger partial charge in [0.1, 0.15) is 5.75 Å². The standard InChI is InChI=1S/C19H20N2O3S/c22-25(23,13-7-12-16-8-3-1-4-9-16)15-19-20-18(21-24-19)14-17-10-5-2-6-11-17/h1-6,8-11H,7,12-15H2. The summed E-state index contributed by atoms with van der Waals surface area (Å²) in [5.74, 6) is 0.563. The third kappa shape index (κ3) is 5.53. The van der Waals surface area contributed by atoms with Gasteiger partial charge in [-0.15, -0.1) is 0 Å². The molecule has 5 nitrogen and oxygen atoms in total. The number of aryl methyl sites for hydroxylation is 1. The summed E-state index contributed by atoms with van der Waals surface area (Å²) in [5.41, 5.74) is 2.20. The number of benzene rings is 2. The number of rotatable bonds is 8. The Morgan fingerprint density at radius 2 is 1.52 bits per heavy atom. The van der Waals surface area contributed by atoms with Crippen LogP contribution in [0, 0.1) is 0 Å². The zero-order chi connectivity index (χ0) is 17.5. The molecule has 1 aromatic heterocycles. The van der Waals surface area contributed by atoms with E-state index in [1.807, 2.05) is 60.7 Å². The molecule has 0 spiro atoms. The molecule has 0 N–H and O–H groups in total. The highest BCUT2D eigenvalue weighted by Gasteiger charge is 2.17. The van der Waals surface area contributed by atoms with E-state index in [1.54, 1.807) is 0 Å². The molecule has 1 heterocycles. The summed E-state index contributed by atoms with van der Waals surface area (Å²) in [4.78, 5) is 4.20. The smallest absolute Gasteiger partial charge is 0.241 e. The first kappa shape index (κ1) is 17.4. The first-order valence-corrected chi connectivity index (χ1v) is 10.0. The lowest BCUT2D eigenvalue weighted by Gasteiger charge is -2.02. The molecule has 0 radical (unpaired) electrons. The Hall–Kier alpha value is -2.47. The summed E-state index contributed by atoms with van der Waals surface area (Å²) in [6.45, 7) is 0. The quantitative estimate of drug-likeness (QED) is 0.620. The van der Waals surface area contributed by atoms with Gasteiger partial charge in [-0.05, 0) is 24.0 Å². The van der Waals surface area contributed by atoms with Gasteiger partial charge in [0, 0.05) is 6.42 Å². The van der Waals surface area contributed by atoms with Crippen LogP contribution < -0.4 is 0 Å². The predicted octanol–water partition coefficient (Wildman–Crippen LogP) is 3.21. The number of nitrogens with zero attached hydrogens (tertiary/aromatic N) is 2. The van der Waals surface area contributed by atoms with E-state index >= 15 is 0 Å². The van der Waals surface area contributed by atoms with Crippen LogP contribution in [0.2, 0.25) is 0 Å². The van der Waals surface area contributed by atoms with Crippen LogP contribution in [0.1, 0.15) is 29.3 Å². The van der Waals surface area contributed by atoms with Gasteiger partial charge in [-0.1, -0.05) is 65.8 Å². The van der Waals surface area contributed by atoms with Gasteiger partial charge in [-0.3, -0.25) is 0 Å². The van der Waals surface area contributed by atoms with E-state index < -0.39 is 9.84 Å². The Balaban J connectivity index is 1.52. The minimum absolute atomic E-state index is 0.109. The second-order valence-electron chi connectivity index (χ2n) is 5.95. The SMILES string of the molecule is O=S(=O)(CCCc1ccccc1)Cc1nc(Cc2ccccc2)no1. The Labute approximate surface area is 147 Å². The van der Waals surface area contributed by atoms with Crippen molar-refractivity contribution in [2.24, 2.45) is 0 Å². The Morgan fingerprint density at radius 3 is 2.20 bits per heavy atom. The van der Waals surface area contributed by atoms with Crippen molar-refractivity contribution in [3.05, 3.63) is 83.5 Å². The molecule has 0 aliphatic rings. The molecule has 130 valence electrons. The van der Waals surface area contributed by atoms with Crippen LogP contribution in [-0.2, 0) is 28.4 Å². The molecule has 0 amide bonds. The van der Waals surface area contributed by atoms with Gasteiger partial charge in [0.2, 0.25) is 5.89 Å². The number of sulfone groups is 1. The van der Waals surface area contributed by atoms with Gasteiger partial charge in [-0.25, -0.2) is 8.42 Å². The molecule has 0 atom stereocenters. The van der Waals surface area contributed by atoms with Crippen LogP contribution >= 0.6 is 0 Å². The molecule has 0 fully saturated rings. The van der Waals surface area contributed by atoms with Crippen molar-refractivity contribution < 1.29 is 12.9 Å². The maximum atomic E-state index is 12.2. The molecule has 3 rings (SSSR count). The minimum Gasteiger partial charge on any atom is -0.338 e. The summed E-state index contributed by atoms with van der Waals surface area (Å²) in [6, 6.07) is 19.6. The lowest BCUT2D eigenvalue weighted by molar-refractivity contribution is 0.383. The fourth-order valence-corrected chi connectivity index (χ4v) is 3.82. The van der Waals surface area contributed by atoms with E-state index in [0.29, 0.717) is 18.7 Å². The number of hydrogen-bond donors (Lipinski definition) is 0. The maximum absolute atomic E-state index is 12.2. The Kier molecular flexibility index (Phi) is 5.60. The highest BCUT2D eigenvalue weighted by molar-refractivity contribution is 7.90. The average molecular weight is 356 g/mol. The van der Waals surface area contributed by atoms with Crippen molar-refractivity contribution in [3.63, 3.8) is 0 Å². The molecule has 0 aliphatic heterocycles. The van der Waals surface area contributed by atoms with E-state index in [1.165, 1.54) is 0 Å². The highest BCUT2D eigenvalue weighted by atomic mass is 32.2. The lowest BCUT2D eigenvalue weighted by Crippen LogP contribution is -2.10. The van der Waals surface area contributed by atoms with E-state index in [9.17, 15) is 8.42 Å².